The number of halogens is 2. The summed E-state index contributed by atoms with van der Waals surface area (Å²) >= 11 is 12.2. The van der Waals surface area contributed by atoms with Gasteiger partial charge in [0.05, 0.1) is 16.3 Å². The molecule has 2 aromatic rings. The molecule has 0 saturated heterocycles. The van der Waals surface area contributed by atoms with Crippen LogP contribution in [0.3, 0.4) is 0 Å². The van der Waals surface area contributed by atoms with Gasteiger partial charge in [-0.2, -0.15) is 0 Å². The first-order valence-electron chi connectivity index (χ1n) is 8.24. The van der Waals surface area contributed by atoms with Gasteiger partial charge in [0.2, 0.25) is 0 Å². The van der Waals surface area contributed by atoms with Gasteiger partial charge in [0, 0.05) is 16.2 Å². The van der Waals surface area contributed by atoms with Crippen LogP contribution in [0.5, 0.6) is 5.75 Å². The van der Waals surface area contributed by atoms with Gasteiger partial charge in [-0.1, -0.05) is 36.0 Å². The van der Waals surface area contributed by atoms with E-state index in [0.29, 0.717) is 15.7 Å². The van der Waals surface area contributed by atoms with Crippen molar-refractivity contribution in [1.29, 1.82) is 0 Å². The molecule has 1 saturated carbocycles. The predicted octanol–water partition coefficient (Wildman–Crippen LogP) is 5.70. The molecule has 3 N–H and O–H groups in total. The van der Waals surface area contributed by atoms with Gasteiger partial charge < -0.3 is 15.7 Å². The molecular weight excluding hydrogens is 359 g/mol. The fourth-order valence-electron chi connectivity index (χ4n) is 3.20. The van der Waals surface area contributed by atoms with E-state index in [9.17, 15) is 9.90 Å². The average Bonchev–Trinajstić information content (AvgIpc) is 2.98. The van der Waals surface area contributed by atoms with E-state index in [1.165, 1.54) is 31.0 Å². The number of amides is 1. The third kappa shape index (κ3) is 4.20. The number of aromatic hydroxyl groups is 1. The molecule has 0 radical (unpaired) electrons. The summed E-state index contributed by atoms with van der Waals surface area (Å²) in [5, 5.41) is 16.9. The maximum absolute atomic E-state index is 12.3. The zero-order valence-electron chi connectivity index (χ0n) is 13.9. The van der Waals surface area contributed by atoms with E-state index in [4.69, 9.17) is 23.2 Å². The van der Waals surface area contributed by atoms with Crippen molar-refractivity contribution in [2.24, 2.45) is 0 Å². The van der Waals surface area contributed by atoms with Crippen LogP contribution in [0.1, 0.15) is 43.0 Å². The smallest absolute Gasteiger partial charge is 0.259 e. The van der Waals surface area contributed by atoms with E-state index in [1.54, 1.807) is 12.1 Å². The van der Waals surface area contributed by atoms with Crippen molar-refractivity contribution in [2.75, 3.05) is 10.6 Å². The summed E-state index contributed by atoms with van der Waals surface area (Å²) in [7, 11) is 0. The Bertz CT molecular complexity index is 802. The van der Waals surface area contributed by atoms with Crippen molar-refractivity contribution in [3.63, 3.8) is 0 Å². The molecule has 1 fully saturated rings. The zero-order valence-corrected chi connectivity index (χ0v) is 15.4. The largest absolute Gasteiger partial charge is 0.507 e. The molecule has 0 atom stereocenters. The Morgan fingerprint density at radius 3 is 2.52 bits per heavy atom. The third-order valence-electron chi connectivity index (χ3n) is 4.57. The lowest BCUT2D eigenvalue weighted by Crippen LogP contribution is -2.30. The van der Waals surface area contributed by atoms with E-state index in [1.807, 2.05) is 6.07 Å². The highest BCUT2D eigenvalue weighted by atomic mass is 35.5. The summed E-state index contributed by atoms with van der Waals surface area (Å²) in [5.74, 6) is -0.601. The lowest BCUT2D eigenvalue weighted by Gasteiger charge is -2.27. The topological polar surface area (TPSA) is 61.4 Å². The summed E-state index contributed by atoms with van der Waals surface area (Å²) in [6.45, 7) is 2.21. The Kier molecular flexibility index (Phi) is 5.11. The number of hydrogen-bond donors (Lipinski definition) is 3. The quantitative estimate of drug-likeness (QED) is 0.639. The molecule has 4 nitrogen and oxygen atoms in total. The van der Waals surface area contributed by atoms with E-state index >= 15 is 0 Å². The van der Waals surface area contributed by atoms with Crippen molar-refractivity contribution in [1.82, 2.24) is 0 Å². The zero-order chi connectivity index (χ0) is 18.0. The molecule has 0 heterocycles. The van der Waals surface area contributed by atoms with Crippen molar-refractivity contribution in [3.05, 3.63) is 52.0 Å². The van der Waals surface area contributed by atoms with Crippen molar-refractivity contribution < 1.29 is 9.90 Å². The van der Waals surface area contributed by atoms with Gasteiger partial charge >= 0.3 is 0 Å². The van der Waals surface area contributed by atoms with Gasteiger partial charge in [-0.05, 0) is 56.2 Å². The normalized spacial score (nSPS) is 15.8. The number of carbonyl (C=O) groups is 1. The molecule has 0 aromatic heterocycles. The SMILES string of the molecule is CC1(Nc2ccc(NC(=O)c3cc(Cl)ccc3O)c(Cl)c2)CCCC1. The predicted molar refractivity (Wildman–Crippen MR) is 103 cm³/mol. The van der Waals surface area contributed by atoms with E-state index in [2.05, 4.69) is 17.6 Å². The molecule has 0 unspecified atom stereocenters. The Labute approximate surface area is 157 Å². The minimum atomic E-state index is -0.467. The number of rotatable bonds is 4. The van der Waals surface area contributed by atoms with Crippen LogP contribution in [0.2, 0.25) is 10.0 Å². The number of hydrogen-bond acceptors (Lipinski definition) is 3. The summed E-state index contributed by atoms with van der Waals surface area (Å²) in [6.07, 6.45) is 4.73. The molecular formula is C19H20Cl2N2O2. The summed E-state index contributed by atoms with van der Waals surface area (Å²) in [4.78, 5) is 12.3. The van der Waals surface area contributed by atoms with Crippen LogP contribution in [-0.2, 0) is 0 Å². The standard InChI is InChI=1S/C19H20Cl2N2O2/c1-19(8-2-3-9-19)23-13-5-6-16(15(21)11-13)22-18(25)14-10-12(20)4-7-17(14)24/h4-7,10-11,23-24H,2-3,8-9H2,1H3,(H,22,25). The molecule has 1 aliphatic carbocycles. The van der Waals surface area contributed by atoms with Crippen LogP contribution in [-0.4, -0.2) is 16.6 Å². The Morgan fingerprint density at radius 1 is 1.12 bits per heavy atom. The first-order chi connectivity index (χ1) is 11.9. The van der Waals surface area contributed by atoms with Crippen LogP contribution >= 0.6 is 23.2 Å². The Balaban J connectivity index is 1.75. The van der Waals surface area contributed by atoms with E-state index in [0.717, 1.165) is 18.5 Å². The maximum Gasteiger partial charge on any atom is 0.259 e. The highest BCUT2D eigenvalue weighted by Crippen LogP contribution is 2.34. The molecule has 0 bridgehead atoms. The number of phenols is 1. The maximum atomic E-state index is 12.3. The number of nitrogens with one attached hydrogen (secondary N) is 2. The van der Waals surface area contributed by atoms with Crippen LogP contribution in [0.4, 0.5) is 11.4 Å². The molecule has 6 heteroatoms. The number of phenolic OH excluding ortho intramolecular Hbond substituents is 1. The summed E-state index contributed by atoms with van der Waals surface area (Å²) in [5.41, 5.74) is 1.61. The second kappa shape index (κ2) is 7.14. The number of benzene rings is 2. The fraction of sp³-hybridized carbons (Fsp3) is 0.316. The molecule has 2 aromatic carbocycles. The van der Waals surface area contributed by atoms with Crippen LogP contribution < -0.4 is 10.6 Å². The minimum absolute atomic E-state index is 0.0979. The molecule has 0 spiro atoms. The minimum Gasteiger partial charge on any atom is -0.507 e. The summed E-state index contributed by atoms with van der Waals surface area (Å²) in [6, 6.07) is 9.76. The van der Waals surface area contributed by atoms with Gasteiger partial charge in [0.25, 0.3) is 5.91 Å². The third-order valence-corrected chi connectivity index (χ3v) is 5.12. The summed E-state index contributed by atoms with van der Waals surface area (Å²) < 4.78 is 0. The van der Waals surface area contributed by atoms with Gasteiger partial charge in [-0.15, -0.1) is 0 Å². The first-order valence-corrected chi connectivity index (χ1v) is 8.99. The lowest BCUT2D eigenvalue weighted by atomic mass is 10.0. The van der Waals surface area contributed by atoms with Gasteiger partial charge in [0.15, 0.2) is 0 Å². The lowest BCUT2D eigenvalue weighted by molar-refractivity contribution is 0.102. The highest BCUT2D eigenvalue weighted by Gasteiger charge is 2.28. The van der Waals surface area contributed by atoms with Gasteiger partial charge in [-0.3, -0.25) is 4.79 Å². The second-order valence-corrected chi connectivity index (χ2v) is 7.55. The van der Waals surface area contributed by atoms with Crippen LogP contribution in [0.15, 0.2) is 36.4 Å². The highest BCUT2D eigenvalue weighted by molar-refractivity contribution is 6.34. The van der Waals surface area contributed by atoms with Crippen molar-refractivity contribution in [2.45, 2.75) is 38.1 Å². The van der Waals surface area contributed by atoms with E-state index in [-0.39, 0.29) is 16.9 Å². The molecule has 25 heavy (non-hydrogen) atoms. The Hall–Kier alpha value is -1.91. The van der Waals surface area contributed by atoms with Gasteiger partial charge in [-0.25, -0.2) is 0 Å². The molecule has 3 rings (SSSR count). The number of carbonyl (C=O) groups excluding carboxylic acids is 1. The van der Waals surface area contributed by atoms with Crippen molar-refractivity contribution >= 4 is 40.5 Å². The first kappa shape index (κ1) is 17.9. The molecule has 1 amide bonds. The van der Waals surface area contributed by atoms with Crippen LogP contribution in [0, 0.1) is 0 Å². The van der Waals surface area contributed by atoms with Gasteiger partial charge in [0.1, 0.15) is 5.75 Å². The van der Waals surface area contributed by atoms with Crippen molar-refractivity contribution in [3.8, 4) is 5.75 Å². The second-order valence-electron chi connectivity index (χ2n) is 6.70. The van der Waals surface area contributed by atoms with Crippen LogP contribution in [0.25, 0.3) is 0 Å². The fourth-order valence-corrected chi connectivity index (χ4v) is 3.60. The molecule has 0 aliphatic heterocycles. The van der Waals surface area contributed by atoms with E-state index < -0.39 is 5.91 Å². The Morgan fingerprint density at radius 2 is 1.84 bits per heavy atom. The molecule has 132 valence electrons. The number of anilines is 2. The molecule has 1 aliphatic rings. The average molecular weight is 379 g/mol. The monoisotopic (exact) mass is 378 g/mol.